The highest BCUT2D eigenvalue weighted by Gasteiger charge is 2.18. The molecule has 1 heterocycles. The van der Waals surface area contributed by atoms with Gasteiger partial charge in [0.2, 0.25) is 5.91 Å². The molecular formula is C22H17N3O6. The molecule has 0 saturated carbocycles. The Bertz CT molecular complexity index is 1310. The summed E-state index contributed by atoms with van der Waals surface area (Å²) >= 11 is 0. The monoisotopic (exact) mass is 419 g/mol. The molecule has 0 N–H and O–H groups in total. The summed E-state index contributed by atoms with van der Waals surface area (Å²) in [6.45, 7) is -0.275. The van der Waals surface area contributed by atoms with Gasteiger partial charge in [-0.1, -0.05) is 18.2 Å². The third kappa shape index (κ3) is 4.15. The molecule has 0 aliphatic carbocycles. The second kappa shape index (κ2) is 8.15. The summed E-state index contributed by atoms with van der Waals surface area (Å²) in [5.74, 6) is 0.198. The number of ether oxygens (including phenoxy) is 1. The number of carbonyl (C=O) groups is 1. The summed E-state index contributed by atoms with van der Waals surface area (Å²) in [5.41, 5.74) is 0.776. The molecular weight excluding hydrogens is 402 g/mol. The third-order valence-corrected chi connectivity index (χ3v) is 4.73. The summed E-state index contributed by atoms with van der Waals surface area (Å²) < 4.78 is 11.9. The van der Waals surface area contributed by atoms with E-state index < -0.39 is 10.7 Å². The Morgan fingerprint density at radius 1 is 1.06 bits per heavy atom. The first kappa shape index (κ1) is 19.9. The van der Waals surface area contributed by atoms with Crippen molar-refractivity contribution in [1.29, 1.82) is 0 Å². The number of nitro groups is 1. The van der Waals surface area contributed by atoms with E-state index in [0.717, 1.165) is 10.6 Å². The first-order chi connectivity index (χ1) is 14.9. The number of para-hydroxylation sites is 1. The van der Waals surface area contributed by atoms with E-state index in [1.807, 2.05) is 30.3 Å². The molecule has 0 aliphatic heterocycles. The zero-order chi connectivity index (χ0) is 22.0. The van der Waals surface area contributed by atoms with Crippen molar-refractivity contribution in [2.24, 2.45) is 0 Å². The quantitative estimate of drug-likeness (QED) is 0.346. The Morgan fingerprint density at radius 2 is 1.74 bits per heavy atom. The second-order valence-electron chi connectivity index (χ2n) is 6.73. The van der Waals surface area contributed by atoms with Gasteiger partial charge in [-0.25, -0.2) is 4.79 Å². The van der Waals surface area contributed by atoms with Crippen molar-refractivity contribution in [3.63, 3.8) is 0 Å². The van der Waals surface area contributed by atoms with Crippen molar-refractivity contribution in [1.82, 2.24) is 4.57 Å². The van der Waals surface area contributed by atoms with Crippen molar-refractivity contribution in [2.45, 2.75) is 6.54 Å². The van der Waals surface area contributed by atoms with E-state index in [9.17, 15) is 19.7 Å². The molecule has 31 heavy (non-hydrogen) atoms. The van der Waals surface area contributed by atoms with Gasteiger partial charge in [0.25, 0.3) is 5.69 Å². The van der Waals surface area contributed by atoms with Gasteiger partial charge in [0, 0.05) is 18.8 Å². The summed E-state index contributed by atoms with van der Waals surface area (Å²) in [7, 11) is 1.59. The highest BCUT2D eigenvalue weighted by molar-refractivity contribution is 5.93. The van der Waals surface area contributed by atoms with Crippen LogP contribution in [0.1, 0.15) is 0 Å². The number of fused-ring (bicyclic) bond motifs is 1. The number of nitrogens with zero attached hydrogens (tertiary/aromatic N) is 3. The first-order valence-corrected chi connectivity index (χ1v) is 9.30. The molecule has 0 aliphatic rings. The van der Waals surface area contributed by atoms with Crippen molar-refractivity contribution >= 4 is 28.4 Å². The third-order valence-electron chi connectivity index (χ3n) is 4.73. The summed E-state index contributed by atoms with van der Waals surface area (Å²) in [5, 5.41) is 10.9. The van der Waals surface area contributed by atoms with Crippen LogP contribution >= 0.6 is 0 Å². The van der Waals surface area contributed by atoms with Gasteiger partial charge in [-0.2, -0.15) is 0 Å². The predicted molar refractivity (Wildman–Crippen MR) is 113 cm³/mol. The molecule has 0 bridgehead atoms. The van der Waals surface area contributed by atoms with Gasteiger partial charge in [-0.3, -0.25) is 19.5 Å². The molecule has 0 saturated heterocycles. The zero-order valence-electron chi connectivity index (χ0n) is 16.4. The van der Waals surface area contributed by atoms with E-state index in [-0.39, 0.29) is 23.7 Å². The van der Waals surface area contributed by atoms with E-state index in [1.54, 1.807) is 31.3 Å². The molecule has 0 unspecified atom stereocenters. The number of hydrogen-bond donors (Lipinski definition) is 0. The lowest BCUT2D eigenvalue weighted by Gasteiger charge is -2.18. The van der Waals surface area contributed by atoms with E-state index in [4.69, 9.17) is 9.15 Å². The number of benzene rings is 3. The lowest BCUT2D eigenvalue weighted by molar-refractivity contribution is -0.384. The first-order valence-electron chi connectivity index (χ1n) is 9.30. The van der Waals surface area contributed by atoms with Crippen molar-refractivity contribution in [3.8, 4) is 11.5 Å². The minimum absolute atomic E-state index is 0.0528. The normalized spacial score (nSPS) is 10.7. The molecule has 1 aromatic heterocycles. The van der Waals surface area contributed by atoms with Crippen LogP contribution in [0.2, 0.25) is 0 Å². The minimum Gasteiger partial charge on any atom is -0.457 e. The molecule has 1 amide bonds. The zero-order valence-corrected chi connectivity index (χ0v) is 16.4. The fourth-order valence-corrected chi connectivity index (χ4v) is 3.07. The SMILES string of the molecule is CN(C(=O)Cn1c(=O)oc2cc([N+](=O)[O-])ccc21)c1ccc(Oc2ccccc2)cc1. The number of non-ortho nitro benzene ring substituents is 1. The Kier molecular flexibility index (Phi) is 5.23. The predicted octanol–water partition coefficient (Wildman–Crippen LogP) is 3.96. The van der Waals surface area contributed by atoms with Gasteiger partial charge in [-0.15, -0.1) is 0 Å². The second-order valence-corrected chi connectivity index (χ2v) is 6.73. The van der Waals surface area contributed by atoms with Gasteiger partial charge in [0.05, 0.1) is 16.5 Å². The van der Waals surface area contributed by atoms with Crippen LogP contribution < -0.4 is 15.4 Å². The number of anilines is 1. The van der Waals surface area contributed by atoms with Crippen LogP contribution in [0.4, 0.5) is 11.4 Å². The average Bonchev–Trinajstić information content (AvgIpc) is 3.08. The standard InChI is InChI=1S/C22H17N3O6/c1-23(15-7-10-18(11-8-15)30-17-5-3-2-4-6-17)21(26)14-24-19-12-9-16(25(28)29)13-20(19)31-22(24)27/h2-13H,14H2,1H3. The topological polar surface area (TPSA) is 108 Å². The average molecular weight is 419 g/mol. The van der Waals surface area contributed by atoms with Crippen LogP contribution in [0.5, 0.6) is 11.5 Å². The Balaban J connectivity index is 1.50. The van der Waals surface area contributed by atoms with Crippen LogP contribution in [-0.2, 0) is 11.3 Å². The molecule has 9 heteroatoms. The molecule has 4 aromatic rings. The molecule has 3 aromatic carbocycles. The minimum atomic E-state index is -0.760. The Hall–Kier alpha value is -4.40. The Morgan fingerprint density at radius 3 is 2.42 bits per heavy atom. The molecule has 9 nitrogen and oxygen atoms in total. The molecule has 0 spiro atoms. The molecule has 156 valence electrons. The fourth-order valence-electron chi connectivity index (χ4n) is 3.07. The van der Waals surface area contributed by atoms with Gasteiger partial charge >= 0.3 is 5.76 Å². The van der Waals surface area contributed by atoms with Crippen LogP contribution in [0, 0.1) is 10.1 Å². The summed E-state index contributed by atoms with van der Waals surface area (Å²) in [6, 6.07) is 20.1. The maximum atomic E-state index is 12.7. The summed E-state index contributed by atoms with van der Waals surface area (Å²) in [4.78, 5) is 36.6. The van der Waals surface area contributed by atoms with E-state index >= 15 is 0 Å². The number of carbonyl (C=O) groups excluding carboxylic acids is 1. The number of rotatable bonds is 6. The maximum Gasteiger partial charge on any atom is 0.420 e. The number of aromatic nitrogens is 1. The van der Waals surface area contributed by atoms with Gasteiger partial charge in [0.15, 0.2) is 5.58 Å². The number of nitro benzene ring substituents is 1. The number of hydrogen-bond acceptors (Lipinski definition) is 6. The van der Waals surface area contributed by atoms with Gasteiger partial charge in [-0.05, 0) is 42.5 Å². The van der Waals surface area contributed by atoms with Gasteiger partial charge in [0.1, 0.15) is 18.0 Å². The van der Waals surface area contributed by atoms with E-state index in [0.29, 0.717) is 22.7 Å². The maximum absolute atomic E-state index is 12.7. The van der Waals surface area contributed by atoms with Crippen LogP contribution in [-0.4, -0.2) is 22.4 Å². The molecule has 4 rings (SSSR count). The lowest BCUT2D eigenvalue weighted by atomic mass is 10.2. The highest BCUT2D eigenvalue weighted by Crippen LogP contribution is 2.24. The van der Waals surface area contributed by atoms with Crippen LogP contribution in [0.15, 0.2) is 82.0 Å². The lowest BCUT2D eigenvalue weighted by Crippen LogP contribution is -2.32. The number of oxazole rings is 1. The van der Waals surface area contributed by atoms with Crippen LogP contribution in [0.25, 0.3) is 11.1 Å². The largest absolute Gasteiger partial charge is 0.457 e. The van der Waals surface area contributed by atoms with Crippen molar-refractivity contribution < 1.29 is 18.9 Å². The number of likely N-dealkylation sites (N-methyl/N-ethyl adjacent to an activating group) is 1. The molecule has 0 radical (unpaired) electrons. The van der Waals surface area contributed by atoms with E-state index in [2.05, 4.69) is 0 Å². The Labute approximate surface area is 175 Å². The molecule has 0 fully saturated rings. The highest BCUT2D eigenvalue weighted by atomic mass is 16.6. The van der Waals surface area contributed by atoms with Crippen LogP contribution in [0.3, 0.4) is 0 Å². The smallest absolute Gasteiger partial charge is 0.420 e. The van der Waals surface area contributed by atoms with E-state index in [1.165, 1.54) is 17.0 Å². The fraction of sp³-hybridized carbons (Fsp3) is 0.0909. The van der Waals surface area contributed by atoms with Crippen molar-refractivity contribution in [3.05, 3.63) is 93.5 Å². The van der Waals surface area contributed by atoms with Gasteiger partial charge < -0.3 is 14.1 Å². The molecule has 0 atom stereocenters. The number of amides is 1. The summed E-state index contributed by atoms with van der Waals surface area (Å²) in [6.07, 6.45) is 0. The van der Waals surface area contributed by atoms with Crippen molar-refractivity contribution in [2.75, 3.05) is 11.9 Å².